The number of carbonyl (C=O) groups excluding carboxylic acids is 2. The minimum atomic E-state index is -0.822. The van der Waals surface area contributed by atoms with Crippen molar-refractivity contribution >= 4 is 22.8 Å². The number of amides is 1. The summed E-state index contributed by atoms with van der Waals surface area (Å²) < 4.78 is 17.4. The van der Waals surface area contributed by atoms with Crippen LogP contribution in [0.15, 0.2) is 42.5 Å². The second-order valence-electron chi connectivity index (χ2n) is 9.81. The Balaban J connectivity index is 2.14. The molecule has 3 atom stereocenters. The Bertz CT molecular complexity index is 911. The summed E-state index contributed by atoms with van der Waals surface area (Å²) in [5, 5.41) is 4.73. The summed E-state index contributed by atoms with van der Waals surface area (Å²) in [4.78, 5) is 25.1. The third-order valence-electron chi connectivity index (χ3n) is 5.03. The number of ether oxygens (including phenoxy) is 3. The molecule has 0 heterocycles. The molecule has 176 valence electrons. The molecule has 0 aliphatic heterocycles. The number of nitrogens with one attached hydrogen (secondary N) is 1. The molecule has 0 aliphatic rings. The molecule has 0 radical (unpaired) electrons. The summed E-state index contributed by atoms with van der Waals surface area (Å²) in [6.07, 6.45) is -1.53. The normalized spacial score (nSPS) is 14.7. The van der Waals surface area contributed by atoms with Crippen molar-refractivity contribution in [3.8, 4) is 5.75 Å². The summed E-state index contributed by atoms with van der Waals surface area (Å²) in [6.45, 7) is 14.9. The van der Waals surface area contributed by atoms with Crippen LogP contribution >= 0.6 is 0 Å². The highest BCUT2D eigenvalue weighted by molar-refractivity contribution is 5.88. The number of carbonyl (C=O) groups is 2. The maximum atomic E-state index is 12.9. The van der Waals surface area contributed by atoms with Gasteiger partial charge in [-0.15, -0.1) is 0 Å². The minimum absolute atomic E-state index is 0.0908. The third-order valence-corrected chi connectivity index (χ3v) is 5.03. The van der Waals surface area contributed by atoms with Crippen molar-refractivity contribution in [1.29, 1.82) is 0 Å². The first-order valence-electron chi connectivity index (χ1n) is 11.2. The van der Waals surface area contributed by atoms with E-state index in [1.807, 2.05) is 77.1 Å². The molecule has 1 amide bonds. The molecule has 0 saturated carbocycles. The van der Waals surface area contributed by atoms with Crippen molar-refractivity contribution in [2.45, 2.75) is 79.2 Å². The Kier molecular flexibility index (Phi) is 8.53. The lowest BCUT2D eigenvalue weighted by Gasteiger charge is -2.31. The maximum absolute atomic E-state index is 12.9. The van der Waals surface area contributed by atoms with Crippen LogP contribution in [0, 0.1) is 11.8 Å². The number of benzene rings is 2. The average molecular weight is 444 g/mol. The second-order valence-corrected chi connectivity index (χ2v) is 9.81. The average Bonchev–Trinajstić information content (AvgIpc) is 2.68. The third kappa shape index (κ3) is 7.14. The minimum Gasteiger partial charge on any atom is -0.486 e. The lowest BCUT2D eigenvalue weighted by molar-refractivity contribution is -0.157. The second kappa shape index (κ2) is 10.7. The molecule has 32 heavy (non-hydrogen) atoms. The fourth-order valence-corrected chi connectivity index (χ4v) is 3.47. The smallest absolute Gasteiger partial charge is 0.408 e. The van der Waals surface area contributed by atoms with E-state index in [0.717, 1.165) is 16.5 Å². The highest BCUT2D eigenvalue weighted by Crippen LogP contribution is 2.28. The lowest BCUT2D eigenvalue weighted by Crippen LogP contribution is -2.49. The van der Waals surface area contributed by atoms with Crippen molar-refractivity contribution in [3.05, 3.63) is 42.5 Å². The van der Waals surface area contributed by atoms with Gasteiger partial charge in [-0.05, 0) is 51.0 Å². The van der Waals surface area contributed by atoms with E-state index in [1.165, 1.54) is 0 Å². The predicted molar refractivity (Wildman–Crippen MR) is 127 cm³/mol. The van der Waals surface area contributed by atoms with Crippen molar-refractivity contribution in [1.82, 2.24) is 5.32 Å². The van der Waals surface area contributed by atoms with Gasteiger partial charge in [0.05, 0.1) is 0 Å². The van der Waals surface area contributed by atoms with E-state index < -0.39 is 29.8 Å². The van der Waals surface area contributed by atoms with E-state index in [-0.39, 0.29) is 17.9 Å². The van der Waals surface area contributed by atoms with Crippen LogP contribution in [-0.4, -0.2) is 35.9 Å². The lowest BCUT2D eigenvalue weighted by atomic mass is 10.0. The molecule has 6 heteroatoms. The zero-order chi connectivity index (χ0) is 24.1. The summed E-state index contributed by atoms with van der Waals surface area (Å²) in [7, 11) is 0. The number of fused-ring (bicyclic) bond motifs is 1. The number of esters is 1. The van der Waals surface area contributed by atoms with Gasteiger partial charge in [0.15, 0.2) is 0 Å². The van der Waals surface area contributed by atoms with Crippen LogP contribution in [0.4, 0.5) is 4.79 Å². The molecule has 6 nitrogen and oxygen atoms in total. The van der Waals surface area contributed by atoms with Gasteiger partial charge in [-0.1, -0.05) is 64.1 Å². The van der Waals surface area contributed by atoms with Crippen LogP contribution in [0.3, 0.4) is 0 Å². The molecule has 0 aromatic heterocycles. The monoisotopic (exact) mass is 443 g/mol. The van der Waals surface area contributed by atoms with Gasteiger partial charge in [0, 0.05) is 5.39 Å². The van der Waals surface area contributed by atoms with Crippen LogP contribution in [0.2, 0.25) is 0 Å². The Morgan fingerprint density at radius 1 is 0.875 bits per heavy atom. The molecule has 2 aromatic carbocycles. The van der Waals surface area contributed by atoms with E-state index in [4.69, 9.17) is 14.2 Å². The van der Waals surface area contributed by atoms with Crippen molar-refractivity contribution in [2.24, 2.45) is 11.8 Å². The van der Waals surface area contributed by atoms with Gasteiger partial charge >= 0.3 is 12.1 Å². The molecule has 2 rings (SSSR count). The number of alkyl carbamates (subject to hydrolysis) is 1. The van der Waals surface area contributed by atoms with Gasteiger partial charge in [0.2, 0.25) is 0 Å². The van der Waals surface area contributed by atoms with Gasteiger partial charge in [0.1, 0.15) is 29.6 Å². The largest absolute Gasteiger partial charge is 0.486 e. The number of hydrogen-bond donors (Lipinski definition) is 1. The first-order valence-corrected chi connectivity index (χ1v) is 11.2. The van der Waals surface area contributed by atoms with E-state index in [9.17, 15) is 9.59 Å². The molecule has 0 bridgehead atoms. The fraction of sp³-hybridized carbons (Fsp3) is 0.538. The topological polar surface area (TPSA) is 73.9 Å². The Hall–Kier alpha value is -2.76. The SMILES string of the molecule is CC(C)[C@H](NC(=O)OC(C)(C)C)C(=O)O[C@@H](C)[C@H](Oc1cccc2ccccc12)C(C)C. The highest BCUT2D eigenvalue weighted by atomic mass is 16.6. The van der Waals surface area contributed by atoms with E-state index >= 15 is 0 Å². The first-order chi connectivity index (χ1) is 14.9. The van der Waals surface area contributed by atoms with Gasteiger partial charge in [-0.3, -0.25) is 0 Å². The molecule has 2 aromatic rings. The van der Waals surface area contributed by atoms with Crippen LogP contribution in [-0.2, 0) is 14.3 Å². The van der Waals surface area contributed by atoms with Crippen molar-refractivity contribution in [3.63, 3.8) is 0 Å². The van der Waals surface area contributed by atoms with Gasteiger partial charge in [-0.25, -0.2) is 9.59 Å². The van der Waals surface area contributed by atoms with Crippen LogP contribution < -0.4 is 10.1 Å². The molecule has 1 N–H and O–H groups in total. The summed E-state index contributed by atoms with van der Waals surface area (Å²) in [6, 6.07) is 13.1. The first kappa shape index (κ1) is 25.5. The molecule has 0 spiro atoms. The van der Waals surface area contributed by atoms with Crippen molar-refractivity contribution < 1.29 is 23.8 Å². The number of rotatable bonds is 8. The van der Waals surface area contributed by atoms with Crippen LogP contribution in [0.1, 0.15) is 55.4 Å². The summed E-state index contributed by atoms with van der Waals surface area (Å²) in [5.74, 6) is 0.161. The Morgan fingerprint density at radius 2 is 1.50 bits per heavy atom. The fourth-order valence-electron chi connectivity index (χ4n) is 3.47. The predicted octanol–water partition coefficient (Wildman–Crippen LogP) is 5.72. The van der Waals surface area contributed by atoms with E-state index in [2.05, 4.69) is 5.32 Å². The molecule has 0 unspecified atom stereocenters. The quantitative estimate of drug-likeness (QED) is 0.528. The Labute approximate surface area is 191 Å². The van der Waals surface area contributed by atoms with E-state index in [1.54, 1.807) is 20.8 Å². The van der Waals surface area contributed by atoms with Gasteiger partial charge in [0.25, 0.3) is 0 Å². The van der Waals surface area contributed by atoms with Crippen LogP contribution in [0.25, 0.3) is 10.8 Å². The standard InChI is InChI=1S/C26H37NO5/c1-16(2)22(27-25(29)32-26(6,7)8)24(28)30-18(5)23(17(3)4)31-21-15-11-13-19-12-9-10-14-20(19)21/h9-18,22-23H,1-8H3,(H,27,29)/t18-,22-,23+/m0/s1. The zero-order valence-electron chi connectivity index (χ0n) is 20.5. The number of hydrogen-bond acceptors (Lipinski definition) is 5. The van der Waals surface area contributed by atoms with Gasteiger partial charge < -0.3 is 19.5 Å². The van der Waals surface area contributed by atoms with Crippen molar-refractivity contribution in [2.75, 3.05) is 0 Å². The molecule has 0 saturated heterocycles. The molecular weight excluding hydrogens is 406 g/mol. The summed E-state index contributed by atoms with van der Waals surface area (Å²) >= 11 is 0. The molecule has 0 aliphatic carbocycles. The zero-order valence-corrected chi connectivity index (χ0v) is 20.5. The molecular formula is C26H37NO5. The maximum Gasteiger partial charge on any atom is 0.408 e. The Morgan fingerprint density at radius 3 is 2.09 bits per heavy atom. The molecule has 0 fully saturated rings. The van der Waals surface area contributed by atoms with Crippen LogP contribution in [0.5, 0.6) is 5.75 Å². The van der Waals surface area contributed by atoms with Gasteiger partial charge in [-0.2, -0.15) is 0 Å². The summed E-state index contributed by atoms with van der Waals surface area (Å²) in [5.41, 5.74) is -0.655. The highest BCUT2D eigenvalue weighted by Gasteiger charge is 2.33. The van der Waals surface area contributed by atoms with E-state index in [0.29, 0.717) is 0 Å².